The maximum absolute atomic E-state index is 13.5. The molecule has 3 heterocycles. The van der Waals surface area contributed by atoms with Gasteiger partial charge in [-0.1, -0.05) is 43.3 Å². The summed E-state index contributed by atoms with van der Waals surface area (Å²) in [5, 5.41) is 5.44. The molecule has 0 radical (unpaired) electrons. The minimum Gasteiger partial charge on any atom is -0.368 e. The van der Waals surface area contributed by atoms with Crippen molar-refractivity contribution in [1.82, 2.24) is 23.9 Å². The fourth-order valence-corrected chi connectivity index (χ4v) is 4.40. The molecule has 0 saturated carbocycles. The lowest BCUT2D eigenvalue weighted by Gasteiger charge is -2.24. The molecule has 1 amide bonds. The summed E-state index contributed by atoms with van der Waals surface area (Å²) < 4.78 is 4.81. The molecular weight excluding hydrogens is 428 g/mol. The molecule has 0 saturated heterocycles. The smallest absolute Gasteiger partial charge is 0.333 e. The minimum absolute atomic E-state index is 0.214. The van der Waals surface area contributed by atoms with Crippen molar-refractivity contribution in [3.05, 3.63) is 77.1 Å². The van der Waals surface area contributed by atoms with Crippen molar-refractivity contribution in [3.8, 4) is 16.8 Å². The van der Waals surface area contributed by atoms with Gasteiger partial charge in [0.25, 0.3) is 0 Å². The fourth-order valence-electron chi connectivity index (χ4n) is 4.40. The van der Waals surface area contributed by atoms with Gasteiger partial charge < -0.3 is 5.73 Å². The van der Waals surface area contributed by atoms with Gasteiger partial charge in [0.2, 0.25) is 5.91 Å². The van der Waals surface area contributed by atoms with Gasteiger partial charge in [0.05, 0.1) is 40.3 Å². The molecule has 0 aliphatic rings. The fraction of sp³-hybridized carbons (Fsp3) is 0.231. The van der Waals surface area contributed by atoms with Crippen LogP contribution < -0.4 is 11.4 Å². The first-order valence-electron chi connectivity index (χ1n) is 11.2. The van der Waals surface area contributed by atoms with Crippen LogP contribution >= 0.6 is 0 Å². The number of aryl methyl sites for hydroxylation is 2. The third kappa shape index (κ3) is 3.06. The van der Waals surface area contributed by atoms with E-state index in [4.69, 9.17) is 5.73 Å². The number of imidazole rings is 1. The van der Waals surface area contributed by atoms with E-state index in [0.29, 0.717) is 23.3 Å². The molecule has 0 spiro atoms. The predicted molar refractivity (Wildman–Crippen MR) is 133 cm³/mol. The van der Waals surface area contributed by atoms with Crippen molar-refractivity contribution >= 4 is 27.8 Å². The summed E-state index contributed by atoms with van der Waals surface area (Å²) in [5.41, 5.74) is 10.1. The molecule has 8 heteroatoms. The van der Waals surface area contributed by atoms with Gasteiger partial charge in [-0.25, -0.2) is 4.79 Å². The third-order valence-electron chi connectivity index (χ3n) is 6.83. The SMILES string of the molecule is CCC(C)(C(N)=O)n1cc(-n2c(=O)n(C)c3cnc4ccc(-c5ccccc5)cc4c32)c(C)n1. The largest absolute Gasteiger partial charge is 0.368 e. The first kappa shape index (κ1) is 21.6. The second kappa shape index (κ2) is 7.69. The Morgan fingerprint density at radius 3 is 2.53 bits per heavy atom. The number of aromatic nitrogens is 5. The molecular formula is C26H26N6O2. The first-order chi connectivity index (χ1) is 16.3. The molecule has 0 aliphatic carbocycles. The van der Waals surface area contributed by atoms with Crippen LogP contribution in [0.2, 0.25) is 0 Å². The molecule has 0 fully saturated rings. The lowest BCUT2D eigenvalue weighted by atomic mass is 9.99. The summed E-state index contributed by atoms with van der Waals surface area (Å²) in [6.07, 6.45) is 3.93. The Hall–Kier alpha value is -4.20. The quantitative estimate of drug-likeness (QED) is 0.438. The van der Waals surface area contributed by atoms with Gasteiger partial charge in [0, 0.05) is 12.4 Å². The monoisotopic (exact) mass is 454 g/mol. The van der Waals surface area contributed by atoms with E-state index in [-0.39, 0.29) is 5.69 Å². The molecule has 2 aromatic carbocycles. The Labute approximate surface area is 196 Å². The molecule has 5 rings (SSSR count). The van der Waals surface area contributed by atoms with Crippen molar-refractivity contribution in [2.75, 3.05) is 0 Å². The minimum atomic E-state index is -0.999. The van der Waals surface area contributed by atoms with Crippen molar-refractivity contribution in [3.63, 3.8) is 0 Å². The van der Waals surface area contributed by atoms with E-state index < -0.39 is 11.4 Å². The zero-order valence-corrected chi connectivity index (χ0v) is 19.6. The number of pyridine rings is 1. The number of primary amides is 1. The van der Waals surface area contributed by atoms with Gasteiger partial charge in [0.1, 0.15) is 5.54 Å². The molecule has 8 nitrogen and oxygen atoms in total. The van der Waals surface area contributed by atoms with Gasteiger partial charge in [-0.3, -0.25) is 23.6 Å². The highest BCUT2D eigenvalue weighted by Crippen LogP contribution is 2.31. The highest BCUT2D eigenvalue weighted by Gasteiger charge is 2.33. The standard InChI is InChI=1S/C26H26N6O2/c1-5-26(3,24(27)33)31-15-22(16(2)29-31)32-23-19-13-18(17-9-7-6-8-10-17)11-12-20(19)28-14-21(23)30(4)25(32)34/h6-15H,5H2,1-4H3,(H2,27,33). The Bertz CT molecular complexity index is 1630. The Morgan fingerprint density at radius 1 is 1.12 bits per heavy atom. The Balaban J connectivity index is 1.84. The van der Waals surface area contributed by atoms with E-state index in [1.807, 2.05) is 44.2 Å². The second-order valence-corrected chi connectivity index (χ2v) is 8.80. The number of carbonyl (C=O) groups is 1. The van der Waals surface area contributed by atoms with Crippen LogP contribution in [0.1, 0.15) is 26.0 Å². The van der Waals surface area contributed by atoms with Crippen LogP contribution in [0.25, 0.3) is 38.8 Å². The van der Waals surface area contributed by atoms with Crippen LogP contribution in [-0.2, 0) is 17.4 Å². The van der Waals surface area contributed by atoms with Crippen molar-refractivity contribution < 1.29 is 4.79 Å². The molecule has 0 aliphatic heterocycles. The lowest BCUT2D eigenvalue weighted by Crippen LogP contribution is -2.43. The molecule has 2 N–H and O–H groups in total. The highest BCUT2D eigenvalue weighted by molar-refractivity contribution is 6.04. The summed E-state index contributed by atoms with van der Waals surface area (Å²) in [7, 11) is 1.73. The summed E-state index contributed by atoms with van der Waals surface area (Å²) in [5.74, 6) is -0.475. The van der Waals surface area contributed by atoms with E-state index in [1.165, 1.54) is 0 Å². The van der Waals surface area contributed by atoms with E-state index in [1.54, 1.807) is 40.2 Å². The average Bonchev–Trinajstić information content (AvgIpc) is 3.35. The van der Waals surface area contributed by atoms with Crippen LogP contribution in [0.15, 0.2) is 65.7 Å². The van der Waals surface area contributed by atoms with Gasteiger partial charge >= 0.3 is 5.69 Å². The molecule has 1 unspecified atom stereocenters. The first-order valence-corrected chi connectivity index (χ1v) is 11.2. The van der Waals surface area contributed by atoms with Crippen molar-refractivity contribution in [2.24, 2.45) is 12.8 Å². The Morgan fingerprint density at radius 2 is 1.85 bits per heavy atom. The predicted octanol–water partition coefficient (Wildman–Crippen LogP) is 3.66. The molecule has 3 aromatic heterocycles. The molecule has 172 valence electrons. The van der Waals surface area contributed by atoms with E-state index >= 15 is 0 Å². The van der Waals surface area contributed by atoms with Gasteiger partial charge in [-0.2, -0.15) is 5.10 Å². The van der Waals surface area contributed by atoms with Crippen LogP contribution in [-0.4, -0.2) is 29.8 Å². The summed E-state index contributed by atoms with van der Waals surface area (Å²) in [4.78, 5) is 30.3. The van der Waals surface area contributed by atoms with Gasteiger partial charge in [-0.05, 0) is 43.5 Å². The van der Waals surface area contributed by atoms with E-state index in [2.05, 4.69) is 28.3 Å². The molecule has 5 aromatic rings. The van der Waals surface area contributed by atoms with Gasteiger partial charge in [-0.15, -0.1) is 0 Å². The molecule has 34 heavy (non-hydrogen) atoms. The van der Waals surface area contributed by atoms with Crippen LogP contribution in [0.4, 0.5) is 0 Å². The Kier molecular flexibility index (Phi) is 4.89. The van der Waals surface area contributed by atoms with Crippen molar-refractivity contribution in [1.29, 1.82) is 0 Å². The second-order valence-electron chi connectivity index (χ2n) is 8.80. The third-order valence-corrected chi connectivity index (χ3v) is 6.83. The lowest BCUT2D eigenvalue weighted by molar-refractivity contribution is -0.126. The van der Waals surface area contributed by atoms with E-state index in [9.17, 15) is 9.59 Å². The summed E-state index contributed by atoms with van der Waals surface area (Å²) in [6, 6.07) is 16.1. The molecule has 0 bridgehead atoms. The number of amides is 1. The van der Waals surface area contributed by atoms with Crippen LogP contribution in [0.5, 0.6) is 0 Å². The average molecular weight is 455 g/mol. The summed E-state index contributed by atoms with van der Waals surface area (Å²) >= 11 is 0. The number of hydrogen-bond acceptors (Lipinski definition) is 4. The van der Waals surface area contributed by atoms with Gasteiger partial charge in [0.15, 0.2) is 0 Å². The maximum atomic E-state index is 13.5. The number of rotatable bonds is 5. The van der Waals surface area contributed by atoms with Crippen molar-refractivity contribution in [2.45, 2.75) is 32.7 Å². The van der Waals surface area contributed by atoms with E-state index in [0.717, 1.165) is 27.5 Å². The maximum Gasteiger partial charge on any atom is 0.333 e. The number of benzene rings is 2. The van der Waals surface area contributed by atoms with Crippen LogP contribution in [0, 0.1) is 6.92 Å². The number of nitrogens with zero attached hydrogens (tertiary/aromatic N) is 5. The number of fused-ring (bicyclic) bond motifs is 3. The zero-order chi connectivity index (χ0) is 24.2. The number of hydrogen-bond donors (Lipinski definition) is 1. The number of carbonyl (C=O) groups excluding carboxylic acids is 1. The normalized spacial score (nSPS) is 13.4. The molecule has 1 atom stereocenters. The number of nitrogens with two attached hydrogens (primary N) is 1. The summed E-state index contributed by atoms with van der Waals surface area (Å²) in [6.45, 7) is 5.46. The van der Waals surface area contributed by atoms with Crippen LogP contribution in [0.3, 0.4) is 0 Å². The zero-order valence-electron chi connectivity index (χ0n) is 19.6. The topological polar surface area (TPSA) is 101 Å². The highest BCUT2D eigenvalue weighted by atomic mass is 16.2.